The molecule has 10 saturated carbocycles. The van der Waals surface area contributed by atoms with Gasteiger partial charge in [-0.15, -0.1) is 0 Å². The van der Waals surface area contributed by atoms with E-state index >= 15 is 0 Å². The number of aliphatic hydroxyl groups excluding tert-OH is 1. The molecule has 0 aromatic carbocycles. The normalized spacial score (nSPS) is 25.4. The standard InChI is InChI=1S/C16H25F3O3.C15H23F3O3.C11H14F6O.C11H17F3O.C10H15F3O.5C4H9F3OSi.10CH4/c1-14(2,3)21-13(20)22-15(4,16(17,18)19)9-12-8-10-5-6-11(12)7-10;1-14(2,3)21-13(19)20-12(15(16,17)18)8-11-7-9-4-5-10(11)6-9;12-10(13,14)9(18,11(15,16)17)5-8-4-6-1-2-7(8)3-6;1-10(15,11(12,13)14)6-9-5-7-2-3-8(9)4-7;11-10(12,13)9(14)5-8-4-6-1-2-7(8)3-6;5*1-8-9(2,3)4(5,6)7;;;;;;;;;;/h10-12H,5-9H2,1-4H3;9-12H,4-8H2,1-3H3;6-8,18H,1-5H2;7-9,15H,2-6H2,1H3;6-9,14H,1-5H2;5*1-3H3;10*1H4. The monoisotopic (exact) mass is 2290 g/mol. The molecule has 0 aromatic rings. The highest BCUT2D eigenvalue weighted by Gasteiger charge is 2.72. The Bertz CT molecular complexity index is 3360. The molecule has 19 atom stereocenters. The summed E-state index contributed by atoms with van der Waals surface area (Å²) in [7, 11) is -11.4. The van der Waals surface area contributed by atoms with Crippen LogP contribution in [0.5, 0.6) is 0 Å². The quantitative estimate of drug-likeness (QED) is 0.0712. The Kier molecular flexibility index (Phi) is 67.4. The third-order valence-electron chi connectivity index (χ3n) is 27.5. The van der Waals surface area contributed by atoms with Crippen molar-refractivity contribution in [1.82, 2.24) is 0 Å². The largest absolute Gasteiger partial charge is 0.509 e. The van der Waals surface area contributed by atoms with Crippen LogP contribution in [0.4, 0.5) is 154 Å². The molecule has 0 heterocycles. The Labute approximate surface area is 847 Å². The highest BCUT2D eigenvalue weighted by atomic mass is 28.4. The summed E-state index contributed by atoms with van der Waals surface area (Å²) in [5, 5.41) is 27.5. The van der Waals surface area contributed by atoms with Crippen LogP contribution in [0.15, 0.2) is 0 Å². The van der Waals surface area contributed by atoms with E-state index in [2.05, 4.69) is 26.9 Å². The van der Waals surface area contributed by atoms with Gasteiger partial charge in [-0.05, 0) is 338 Å². The third kappa shape index (κ3) is 50.6. The Morgan fingerprint density at radius 1 is 0.283 bits per heavy atom. The number of carbonyl (C=O) groups excluding carboxylic acids is 2. The molecule has 14 nitrogen and oxygen atoms in total. The van der Waals surface area contributed by atoms with Crippen LogP contribution >= 0.6 is 0 Å². The summed E-state index contributed by atoms with van der Waals surface area (Å²) in [5.41, 5.74) is -11.3. The number of fused-ring (bicyclic) bond motifs is 10. The van der Waals surface area contributed by atoms with Gasteiger partial charge in [0.1, 0.15) is 17.3 Å². The third-order valence-corrected chi connectivity index (χ3v) is 39.4. The van der Waals surface area contributed by atoms with Crippen molar-refractivity contribution >= 4 is 53.9 Å². The lowest BCUT2D eigenvalue weighted by Crippen LogP contribution is -2.58. The molecule has 0 aliphatic heterocycles. The molecular weight excluding hydrogens is 2110 g/mol. The van der Waals surface area contributed by atoms with Gasteiger partial charge in [0.05, 0.1) is 0 Å². The van der Waals surface area contributed by atoms with Crippen molar-refractivity contribution in [3.05, 3.63) is 0 Å². The average Bonchev–Trinajstić information content (AvgIpc) is 1.75. The predicted molar refractivity (Wildman–Crippen MR) is 513 cm³/mol. The number of hydrogen-bond donors (Lipinski definition) is 3. The molecule has 10 bridgehead atoms. The number of ether oxygens (including phenoxy) is 4. The van der Waals surface area contributed by atoms with Crippen molar-refractivity contribution in [2.45, 2.75) is 462 Å². The maximum absolute atomic E-state index is 13.5. The molecule has 0 radical (unpaired) electrons. The number of hydrogen-bond acceptors (Lipinski definition) is 14. The first kappa shape index (κ1) is 162. The SMILES string of the molecule is C.C.C.C.C.C.C.C.C.C.CC(C)(C)OC(=O)OC(C)(CC1CC2CCC1C2)C(F)(F)F.CC(C)(C)OC(=O)OC(CC1CC2CCC1C2)C(F)(F)F.CC(O)(CC1CC2CCC1C2)C(F)(F)F.CO[Si](C)(C)C(F)(F)F.CO[Si](C)(C)C(F)(F)F.CO[Si](C)(C)C(F)(F)F.CO[Si](C)(C)C(F)(F)F.CO[Si](C)(C)C(F)(F)F.OC(CC1CC2CCC1C2)(C(F)(F)F)C(F)(F)F.OC(CC1CC2CCC1C2)C(F)(F)F. The lowest BCUT2D eigenvalue weighted by atomic mass is 9.79. The van der Waals surface area contributed by atoms with Gasteiger partial charge in [0.25, 0.3) is 5.60 Å². The summed E-state index contributed by atoms with van der Waals surface area (Å²) < 4.78 is 446. The minimum absolute atomic E-state index is 0. The van der Waals surface area contributed by atoms with Crippen molar-refractivity contribution in [3.63, 3.8) is 0 Å². The first-order valence-electron chi connectivity index (χ1n) is 44.2. The summed E-state index contributed by atoms with van der Waals surface area (Å²) in [6, 6.07) is 0. The Morgan fingerprint density at radius 2 is 0.503 bits per heavy atom. The molecule has 19 unspecified atom stereocenters. The van der Waals surface area contributed by atoms with Crippen molar-refractivity contribution in [2.75, 3.05) is 35.5 Å². The average molecular weight is 2290 g/mol. The van der Waals surface area contributed by atoms with Crippen LogP contribution in [0.3, 0.4) is 0 Å². The molecule has 886 valence electrons. The van der Waals surface area contributed by atoms with Crippen molar-refractivity contribution < 1.29 is 211 Å². The second-order valence-corrected chi connectivity index (χ2v) is 61.9. The first-order chi connectivity index (χ1) is 59.8. The number of alkyl halides is 33. The van der Waals surface area contributed by atoms with Gasteiger partial charge in [0.15, 0.2) is 5.60 Å². The lowest BCUT2D eigenvalue weighted by molar-refractivity contribution is -0.373. The Morgan fingerprint density at radius 3 is 0.676 bits per heavy atom. The molecular formula is C93H179F33O14Si5. The molecule has 0 aromatic heterocycles. The minimum Gasteiger partial charge on any atom is -0.429 e. The van der Waals surface area contributed by atoms with E-state index in [0.29, 0.717) is 66.6 Å². The van der Waals surface area contributed by atoms with E-state index in [1.165, 1.54) is 12.8 Å². The summed E-state index contributed by atoms with van der Waals surface area (Å²) in [5.74, 6) is -17.0. The van der Waals surface area contributed by atoms with Gasteiger partial charge in [-0.2, -0.15) is 145 Å². The van der Waals surface area contributed by atoms with Crippen molar-refractivity contribution in [2.24, 2.45) is 88.8 Å². The fourth-order valence-corrected chi connectivity index (χ4v) is 18.8. The van der Waals surface area contributed by atoms with Crippen LogP contribution in [0.2, 0.25) is 65.5 Å². The lowest BCUT2D eigenvalue weighted by Gasteiger charge is -2.36. The highest BCUT2D eigenvalue weighted by molar-refractivity contribution is 6.74. The van der Waals surface area contributed by atoms with E-state index in [4.69, 9.17) is 24.4 Å². The van der Waals surface area contributed by atoms with E-state index in [0.717, 1.165) is 211 Å². The van der Waals surface area contributed by atoms with E-state index in [1.54, 1.807) is 41.5 Å². The number of carbonyl (C=O) groups is 2. The maximum atomic E-state index is 13.5. The van der Waals surface area contributed by atoms with Gasteiger partial charge < -0.3 is 56.4 Å². The molecule has 145 heavy (non-hydrogen) atoms. The van der Waals surface area contributed by atoms with Crippen LogP contribution in [0, 0.1) is 88.8 Å². The van der Waals surface area contributed by atoms with Gasteiger partial charge >= 0.3 is 120 Å². The van der Waals surface area contributed by atoms with Crippen molar-refractivity contribution in [3.8, 4) is 0 Å². The van der Waals surface area contributed by atoms with E-state index < -0.39 is 173 Å². The first-order valence-corrected chi connectivity index (χ1v) is 58.8. The molecule has 10 fully saturated rings. The number of halogens is 33. The van der Waals surface area contributed by atoms with Crippen molar-refractivity contribution in [1.29, 1.82) is 0 Å². The number of rotatable bonds is 17. The molecule has 10 aliphatic carbocycles. The fourth-order valence-electron chi connectivity index (χ4n) is 17.7. The van der Waals surface area contributed by atoms with E-state index in [1.807, 2.05) is 0 Å². The smallest absolute Gasteiger partial charge is 0.429 e. The zero-order chi connectivity index (χ0) is 107. The van der Waals surface area contributed by atoms with Gasteiger partial charge in [-0.25, -0.2) is 9.59 Å². The summed E-state index contributed by atoms with van der Waals surface area (Å²) in [6.45, 7) is 22.6. The fraction of sp³-hybridized carbons (Fsp3) is 0.978. The Balaban J connectivity index is -0.000000176. The maximum Gasteiger partial charge on any atom is 0.509 e. The highest BCUT2D eigenvalue weighted by Crippen LogP contribution is 2.59. The van der Waals surface area contributed by atoms with Crippen LogP contribution in [0.1, 0.15) is 290 Å². The molecule has 0 amide bonds. The van der Waals surface area contributed by atoms with Gasteiger partial charge in [0.2, 0.25) is 11.7 Å². The van der Waals surface area contributed by atoms with E-state index in [-0.39, 0.29) is 135 Å². The Hall–Kier alpha value is -3.01. The van der Waals surface area contributed by atoms with E-state index in [9.17, 15) is 160 Å². The summed E-state index contributed by atoms with van der Waals surface area (Å²) >= 11 is 0. The molecule has 10 aliphatic rings. The molecule has 0 saturated heterocycles. The summed E-state index contributed by atoms with van der Waals surface area (Å²) in [6.07, 6.45) is -18.8. The zero-order valence-electron chi connectivity index (χ0n) is 80.3. The zero-order valence-corrected chi connectivity index (χ0v) is 85.3. The van der Waals surface area contributed by atoms with Crippen LogP contribution in [-0.2, 0) is 41.1 Å². The summed E-state index contributed by atoms with van der Waals surface area (Å²) in [4.78, 5) is 23.2. The minimum atomic E-state index is -5.67. The van der Waals surface area contributed by atoms with Gasteiger partial charge in [-0.3, -0.25) is 0 Å². The number of aliphatic hydroxyl groups is 3. The molecule has 3 N–H and O–H groups in total. The molecule has 10 rings (SSSR count). The molecule has 52 heteroatoms. The molecule has 0 spiro atoms. The van der Waals surface area contributed by atoms with Gasteiger partial charge in [-0.1, -0.05) is 106 Å². The van der Waals surface area contributed by atoms with Gasteiger partial charge in [0, 0.05) is 35.5 Å². The second kappa shape index (κ2) is 60.3. The predicted octanol–water partition coefficient (Wildman–Crippen LogP) is 35.4. The van der Waals surface area contributed by atoms with Crippen LogP contribution in [-0.4, -0.2) is 211 Å². The topological polar surface area (TPSA) is 178 Å². The van der Waals surface area contributed by atoms with Crippen LogP contribution in [0.25, 0.3) is 0 Å². The second-order valence-electron chi connectivity index (χ2n) is 41.9. The van der Waals surface area contributed by atoms with Crippen LogP contribution < -0.4 is 0 Å².